The van der Waals surface area contributed by atoms with Crippen LogP contribution in [0.3, 0.4) is 0 Å². The smallest absolute Gasteiger partial charge is 0 e. The fraction of sp³-hybridized carbons (Fsp3) is 0. The van der Waals surface area contributed by atoms with Crippen molar-refractivity contribution in [2.45, 2.75) is 0 Å². The number of hydrogen-bond acceptors (Lipinski definition) is 2. The van der Waals surface area contributed by atoms with Crippen LogP contribution in [0, 0.1) is 0 Å². The number of hydrogen-bond donors (Lipinski definition) is 2. The Morgan fingerprint density at radius 2 is 1.14 bits per heavy atom. The Morgan fingerprint density at radius 3 is 1.14 bits per heavy atom. The molecule has 0 aliphatic heterocycles. The van der Waals surface area contributed by atoms with Crippen LogP contribution in [0.4, 0.5) is 0 Å². The van der Waals surface area contributed by atoms with Crippen molar-refractivity contribution < 1.29 is 39.2 Å². The molecule has 0 radical (unpaired) electrons. The zero-order valence-corrected chi connectivity index (χ0v) is 5.00. The molecule has 38 valence electrons. The Hall–Kier alpha value is 2.64. The van der Waals surface area contributed by atoms with Crippen molar-refractivity contribution in [3.05, 3.63) is 0 Å². The van der Waals surface area contributed by atoms with Gasteiger partial charge in [-0.05, 0) is 0 Å². The van der Waals surface area contributed by atoms with E-state index < -0.39 is 10.4 Å². The van der Waals surface area contributed by atoms with Gasteiger partial charge in [0.05, 0.1) is 0 Å². The topological polar surface area (TPSA) is 74.6 Å². The minimum atomic E-state index is -4.67. The maximum absolute atomic E-state index is 8.74. The van der Waals surface area contributed by atoms with Gasteiger partial charge < -0.3 is 0 Å². The molecule has 0 fully saturated rings. The van der Waals surface area contributed by atoms with Crippen molar-refractivity contribution in [3.8, 4) is 0 Å². The zero-order valence-electron chi connectivity index (χ0n) is 2.62. The van der Waals surface area contributed by atoms with Gasteiger partial charge in [-0.15, -0.1) is 0 Å². The van der Waals surface area contributed by atoms with Gasteiger partial charge in [0, 0.05) is 21.7 Å². The van der Waals surface area contributed by atoms with E-state index in [4.69, 9.17) is 17.5 Å². The van der Waals surface area contributed by atoms with Crippen LogP contribution in [0.25, 0.3) is 0 Å². The van der Waals surface area contributed by atoms with Crippen LogP contribution in [0.5, 0.6) is 0 Å². The van der Waals surface area contributed by atoms with Gasteiger partial charge in [-0.1, -0.05) is 0 Å². The Kier molecular flexibility index (Phi) is 15.7. The van der Waals surface area contributed by atoms with Gasteiger partial charge in [0.15, 0.2) is 0 Å². The second kappa shape index (κ2) is 6.75. The van der Waals surface area contributed by atoms with Crippen LogP contribution < -0.4 is 0 Å². The molecule has 7 heavy (non-hydrogen) atoms. The van der Waals surface area contributed by atoms with E-state index in [1.807, 2.05) is 0 Å². The van der Waals surface area contributed by atoms with Crippen LogP contribution in [-0.2, 0) is 32.1 Å². The van der Waals surface area contributed by atoms with Gasteiger partial charge in [0.25, 0.3) is 0 Å². The van der Waals surface area contributed by atoms with Gasteiger partial charge in [-0.25, -0.2) is 0 Å². The maximum Gasteiger partial charge on any atom is 0 e. The molecule has 0 unspecified atom stereocenters. The fourth-order valence-electron chi connectivity index (χ4n) is 0. The summed E-state index contributed by atoms with van der Waals surface area (Å²) in [6, 6.07) is 0. The van der Waals surface area contributed by atoms with Crippen molar-refractivity contribution in [3.63, 3.8) is 0 Å². The van der Waals surface area contributed by atoms with Crippen molar-refractivity contribution in [1.82, 2.24) is 0 Å². The van der Waals surface area contributed by atoms with Gasteiger partial charge in [0.2, 0.25) is 0 Å². The second-order valence-corrected chi connectivity index (χ2v) is 1.34. The fourth-order valence-corrected chi connectivity index (χ4v) is 0. The molecule has 0 aromatic rings. The molecule has 2 N–H and O–H groups in total. The van der Waals surface area contributed by atoms with E-state index in [2.05, 4.69) is 0 Å². The molecule has 0 aromatic carbocycles. The van der Waals surface area contributed by atoms with E-state index in [1.54, 1.807) is 0 Å². The number of rotatable bonds is 0. The molecule has 0 aromatic heterocycles. The second-order valence-electron chi connectivity index (χ2n) is 0.448. The van der Waals surface area contributed by atoms with E-state index in [0.717, 1.165) is 0 Å². The molecule has 0 aliphatic carbocycles. The summed E-state index contributed by atoms with van der Waals surface area (Å²) in [5.74, 6) is 0. The summed E-state index contributed by atoms with van der Waals surface area (Å²) in [5, 5.41) is 0. The van der Waals surface area contributed by atoms with Crippen LogP contribution in [-0.4, -0.2) is 86.4 Å². The summed E-state index contributed by atoms with van der Waals surface area (Å²) in [7, 11) is -4.67. The Morgan fingerprint density at radius 1 is 1.14 bits per heavy atom. The summed E-state index contributed by atoms with van der Waals surface area (Å²) in [4.78, 5) is 0. The average molecular weight is 280 g/mol. The maximum atomic E-state index is 8.74. The van der Waals surface area contributed by atoms with E-state index in [1.165, 1.54) is 0 Å². The van der Waals surface area contributed by atoms with Crippen LogP contribution in [0.15, 0.2) is 0 Å². The Bertz CT molecular complexity index is 94.9. The summed E-state index contributed by atoms with van der Waals surface area (Å²) in [6.45, 7) is 0. The van der Waals surface area contributed by atoms with Crippen molar-refractivity contribution >= 4 is 79.3 Å². The first-order chi connectivity index (χ1) is 2.00. The predicted molar refractivity (Wildman–Crippen MR) is 21.3 cm³/mol. The van der Waals surface area contributed by atoms with E-state index >= 15 is 0 Å². The van der Waals surface area contributed by atoms with Gasteiger partial charge in [-0.2, -0.15) is 8.42 Å². The Labute approximate surface area is 115 Å². The first-order valence-corrected chi connectivity index (χ1v) is 2.10. The minimum absolute atomic E-state index is 0. The van der Waals surface area contributed by atoms with Crippen LogP contribution in [0.2, 0.25) is 0 Å². The average Bonchev–Trinajstić information content (AvgIpc) is 0.722. The molecule has 4 nitrogen and oxygen atoms in total. The zero-order chi connectivity index (χ0) is 4.50. The van der Waals surface area contributed by atoms with Crippen molar-refractivity contribution in [1.29, 1.82) is 0 Å². The summed E-state index contributed by atoms with van der Waals surface area (Å²) < 4.78 is 31.6. The predicted octanol–water partition coefficient (Wildman–Crippen LogP) is -1.30. The van der Waals surface area contributed by atoms with Crippen molar-refractivity contribution in [2.24, 2.45) is 0 Å². The summed E-state index contributed by atoms with van der Waals surface area (Å²) in [5.41, 5.74) is 0. The molecule has 0 aliphatic rings. The molecule has 7 heteroatoms. The molecule has 0 amide bonds. The molecular formula is H3CsO4STi. The molecule has 0 saturated carbocycles. The molecule has 0 rings (SSSR count). The molecule has 0 heterocycles. The van der Waals surface area contributed by atoms with E-state index in [9.17, 15) is 0 Å². The molecule has 0 saturated heterocycles. The standard InChI is InChI=1S/Cs.H2O4S.Ti.H/c;1-5(2,3)4;;/h;(H2,1,2,3,4);;. The first-order valence-electron chi connectivity index (χ1n) is 0.698. The summed E-state index contributed by atoms with van der Waals surface area (Å²) in [6.07, 6.45) is 0. The third kappa shape index (κ3) is 54.7. The van der Waals surface area contributed by atoms with Gasteiger partial charge in [-0.3, -0.25) is 9.11 Å². The molecule has 0 bridgehead atoms. The first kappa shape index (κ1) is 16.3. The largest absolute Gasteiger partial charge is 0 e. The molecule has 0 atom stereocenters. The minimum Gasteiger partial charge on any atom is 0 e. The monoisotopic (exact) mass is 280 g/mol. The van der Waals surface area contributed by atoms with Gasteiger partial charge >= 0.3 is 79.3 Å². The Balaban J connectivity index is -0.0000000800. The summed E-state index contributed by atoms with van der Waals surface area (Å²) >= 11 is 0. The normalized spacial score (nSPS) is 8.29. The third-order valence-corrected chi connectivity index (χ3v) is 0. The molecule has 0 spiro atoms. The van der Waals surface area contributed by atoms with Crippen LogP contribution in [0.1, 0.15) is 0 Å². The SMILES string of the molecule is O=S(=O)(O)O.[CsH].[Ti]. The quantitative estimate of drug-likeness (QED) is 0.427. The van der Waals surface area contributed by atoms with E-state index in [-0.39, 0.29) is 90.6 Å². The third-order valence-electron chi connectivity index (χ3n) is 0. The molecular weight excluding hydrogens is 277 g/mol. The van der Waals surface area contributed by atoms with Gasteiger partial charge in [0.1, 0.15) is 0 Å². The van der Waals surface area contributed by atoms with Crippen molar-refractivity contribution in [2.75, 3.05) is 0 Å². The van der Waals surface area contributed by atoms with Crippen LogP contribution >= 0.6 is 0 Å². The van der Waals surface area contributed by atoms with E-state index in [0.29, 0.717) is 0 Å².